The summed E-state index contributed by atoms with van der Waals surface area (Å²) in [4.78, 5) is 28.3. The minimum absolute atomic E-state index is 0.130. The van der Waals surface area contributed by atoms with Crippen molar-refractivity contribution in [2.24, 2.45) is 0 Å². The monoisotopic (exact) mass is 392 g/mol. The average Bonchev–Trinajstić information content (AvgIpc) is 3.15. The van der Waals surface area contributed by atoms with E-state index in [0.29, 0.717) is 5.56 Å². The molecular weight excluding hydrogens is 373 g/mol. The molecule has 1 aromatic carbocycles. The molecule has 3 heterocycles. The van der Waals surface area contributed by atoms with E-state index in [9.17, 15) is 22.8 Å². The van der Waals surface area contributed by atoms with Crippen molar-refractivity contribution in [1.82, 2.24) is 19.6 Å². The molecule has 2 amide bonds. The van der Waals surface area contributed by atoms with E-state index in [4.69, 9.17) is 0 Å². The first-order valence-electron chi connectivity index (χ1n) is 9.24. The van der Waals surface area contributed by atoms with Crippen LogP contribution in [-0.2, 0) is 13.0 Å². The lowest BCUT2D eigenvalue weighted by Gasteiger charge is -2.35. The van der Waals surface area contributed by atoms with Crippen molar-refractivity contribution in [3.63, 3.8) is 0 Å². The summed E-state index contributed by atoms with van der Waals surface area (Å²) in [5, 5.41) is 4.28. The quantitative estimate of drug-likeness (QED) is 0.737. The number of benzene rings is 1. The molecule has 148 valence electrons. The number of carbonyl (C=O) groups excluding carboxylic acids is 2. The lowest BCUT2D eigenvalue weighted by Crippen LogP contribution is -2.50. The molecule has 2 aromatic rings. The van der Waals surface area contributed by atoms with Crippen LogP contribution in [0.25, 0.3) is 0 Å². The number of carbonyl (C=O) groups is 2. The highest BCUT2D eigenvalue weighted by molar-refractivity contribution is 5.96. The van der Waals surface area contributed by atoms with E-state index in [1.165, 1.54) is 4.90 Å². The fourth-order valence-corrected chi connectivity index (χ4v) is 3.74. The van der Waals surface area contributed by atoms with Crippen LogP contribution in [0.2, 0.25) is 0 Å². The summed E-state index contributed by atoms with van der Waals surface area (Å²) in [6, 6.07) is 1.67. The predicted molar refractivity (Wildman–Crippen MR) is 93.3 cm³/mol. The fraction of sp³-hybridized carbons (Fsp3) is 0.421. The molecule has 1 fully saturated rings. The lowest BCUT2D eigenvalue weighted by molar-refractivity contribution is 0.0531. The number of aryl methyl sites for hydroxylation is 1. The minimum atomic E-state index is -1.66. The Bertz CT molecular complexity index is 936. The van der Waals surface area contributed by atoms with Gasteiger partial charge in [0.2, 0.25) is 0 Å². The molecule has 0 spiro atoms. The van der Waals surface area contributed by atoms with Crippen LogP contribution in [0.15, 0.2) is 18.3 Å². The first-order valence-corrected chi connectivity index (χ1v) is 9.24. The molecule has 2 aliphatic rings. The molecule has 9 heteroatoms. The van der Waals surface area contributed by atoms with Gasteiger partial charge in [0.15, 0.2) is 17.5 Å². The molecule has 0 bridgehead atoms. The molecule has 0 aliphatic carbocycles. The van der Waals surface area contributed by atoms with Gasteiger partial charge in [-0.25, -0.2) is 13.2 Å². The number of hydrogen-bond acceptors (Lipinski definition) is 3. The van der Waals surface area contributed by atoms with Crippen molar-refractivity contribution < 1.29 is 22.8 Å². The third kappa shape index (κ3) is 3.14. The van der Waals surface area contributed by atoms with E-state index in [1.54, 1.807) is 11.1 Å². The highest BCUT2D eigenvalue weighted by atomic mass is 19.2. The molecule has 0 N–H and O–H groups in total. The van der Waals surface area contributed by atoms with E-state index in [1.807, 2.05) is 4.68 Å². The van der Waals surface area contributed by atoms with Crippen molar-refractivity contribution in [2.45, 2.75) is 25.8 Å². The first kappa shape index (κ1) is 18.5. The van der Waals surface area contributed by atoms with E-state index in [2.05, 4.69) is 5.10 Å². The van der Waals surface area contributed by atoms with Crippen LogP contribution < -0.4 is 0 Å². The summed E-state index contributed by atoms with van der Waals surface area (Å²) in [6.07, 6.45) is 4.48. The Morgan fingerprint density at radius 3 is 2.14 bits per heavy atom. The van der Waals surface area contributed by atoms with Crippen LogP contribution >= 0.6 is 0 Å². The zero-order chi connectivity index (χ0) is 19.8. The van der Waals surface area contributed by atoms with Gasteiger partial charge in [-0.15, -0.1) is 0 Å². The molecule has 4 rings (SSSR count). The van der Waals surface area contributed by atoms with Gasteiger partial charge in [0, 0.05) is 32.7 Å². The maximum absolute atomic E-state index is 13.9. The Balaban J connectivity index is 1.43. The van der Waals surface area contributed by atoms with E-state index >= 15 is 0 Å². The van der Waals surface area contributed by atoms with Crippen molar-refractivity contribution >= 4 is 11.8 Å². The van der Waals surface area contributed by atoms with Gasteiger partial charge in [0.1, 0.15) is 0 Å². The SMILES string of the molecule is O=C(c1ccc(F)c(F)c1F)N1CCN(C(=O)c2cnn3c2CCCC3)CC1. The molecule has 0 saturated carbocycles. The first-order chi connectivity index (χ1) is 13.5. The lowest BCUT2D eigenvalue weighted by atomic mass is 10.1. The van der Waals surface area contributed by atoms with Gasteiger partial charge in [-0.1, -0.05) is 0 Å². The van der Waals surface area contributed by atoms with Crippen molar-refractivity contribution in [1.29, 1.82) is 0 Å². The molecule has 1 aromatic heterocycles. The van der Waals surface area contributed by atoms with Gasteiger partial charge in [0.05, 0.1) is 23.0 Å². The van der Waals surface area contributed by atoms with Crippen LogP contribution in [0.1, 0.15) is 39.3 Å². The normalized spacial score (nSPS) is 16.8. The Morgan fingerprint density at radius 2 is 1.46 bits per heavy atom. The second kappa shape index (κ2) is 7.29. The summed E-state index contributed by atoms with van der Waals surface area (Å²) in [5.74, 6) is -5.34. The van der Waals surface area contributed by atoms with Gasteiger partial charge in [0.25, 0.3) is 11.8 Å². The molecule has 0 unspecified atom stereocenters. The third-order valence-electron chi connectivity index (χ3n) is 5.33. The number of nitrogens with zero attached hydrogens (tertiary/aromatic N) is 4. The second-order valence-corrected chi connectivity index (χ2v) is 6.99. The van der Waals surface area contributed by atoms with Gasteiger partial charge in [-0.2, -0.15) is 5.10 Å². The number of hydrogen-bond donors (Lipinski definition) is 0. The molecule has 2 aliphatic heterocycles. The number of fused-ring (bicyclic) bond motifs is 1. The fourth-order valence-electron chi connectivity index (χ4n) is 3.74. The van der Waals surface area contributed by atoms with Crippen molar-refractivity contribution in [2.75, 3.05) is 26.2 Å². The predicted octanol–water partition coefficient (Wildman–Crippen LogP) is 2.23. The topological polar surface area (TPSA) is 58.4 Å². The van der Waals surface area contributed by atoms with Gasteiger partial charge < -0.3 is 9.80 Å². The zero-order valence-electron chi connectivity index (χ0n) is 15.1. The van der Waals surface area contributed by atoms with Gasteiger partial charge in [-0.3, -0.25) is 14.3 Å². The summed E-state index contributed by atoms with van der Waals surface area (Å²) < 4.78 is 42.2. The van der Waals surface area contributed by atoms with Crippen LogP contribution in [0, 0.1) is 17.5 Å². The average molecular weight is 392 g/mol. The number of piperazine rings is 1. The minimum Gasteiger partial charge on any atom is -0.335 e. The number of halogens is 3. The maximum Gasteiger partial charge on any atom is 0.257 e. The largest absolute Gasteiger partial charge is 0.335 e. The molecule has 0 radical (unpaired) electrons. The molecule has 0 atom stereocenters. The highest BCUT2D eigenvalue weighted by Crippen LogP contribution is 2.21. The number of amides is 2. The van der Waals surface area contributed by atoms with E-state index in [-0.39, 0.29) is 32.1 Å². The summed E-state index contributed by atoms with van der Waals surface area (Å²) in [6.45, 7) is 1.74. The standard InChI is InChI=1S/C19H19F3N4O2/c20-14-5-4-12(16(21)17(14)22)18(27)24-7-9-25(10-8-24)19(28)13-11-23-26-6-2-1-3-15(13)26/h4-5,11H,1-3,6-10H2. The summed E-state index contributed by atoms with van der Waals surface area (Å²) >= 11 is 0. The van der Waals surface area contributed by atoms with Crippen LogP contribution in [-0.4, -0.2) is 57.6 Å². The van der Waals surface area contributed by atoms with Crippen LogP contribution in [0.5, 0.6) is 0 Å². The molecular formula is C19H19F3N4O2. The summed E-state index contributed by atoms with van der Waals surface area (Å²) in [5.41, 5.74) is 1.02. The second-order valence-electron chi connectivity index (χ2n) is 6.99. The Kier molecular flexibility index (Phi) is 4.82. The van der Waals surface area contributed by atoms with E-state index < -0.39 is 28.9 Å². The van der Waals surface area contributed by atoms with Crippen LogP contribution in [0.4, 0.5) is 13.2 Å². The molecule has 6 nitrogen and oxygen atoms in total. The van der Waals surface area contributed by atoms with Gasteiger partial charge in [-0.05, 0) is 31.4 Å². The van der Waals surface area contributed by atoms with Crippen LogP contribution in [0.3, 0.4) is 0 Å². The smallest absolute Gasteiger partial charge is 0.257 e. The number of aromatic nitrogens is 2. The zero-order valence-corrected chi connectivity index (χ0v) is 15.1. The Morgan fingerprint density at radius 1 is 0.821 bits per heavy atom. The van der Waals surface area contributed by atoms with Crippen molar-refractivity contribution in [3.8, 4) is 0 Å². The Hall–Kier alpha value is -2.84. The summed E-state index contributed by atoms with van der Waals surface area (Å²) in [7, 11) is 0. The number of rotatable bonds is 2. The van der Waals surface area contributed by atoms with Crippen molar-refractivity contribution in [3.05, 3.63) is 52.6 Å². The molecule has 28 heavy (non-hydrogen) atoms. The van der Waals surface area contributed by atoms with E-state index in [0.717, 1.165) is 43.6 Å². The maximum atomic E-state index is 13.9. The highest BCUT2D eigenvalue weighted by Gasteiger charge is 2.30. The Labute approximate surface area is 159 Å². The third-order valence-corrected chi connectivity index (χ3v) is 5.33. The molecule has 1 saturated heterocycles. The van der Waals surface area contributed by atoms with Gasteiger partial charge >= 0.3 is 0 Å².